The maximum Gasteiger partial charge on any atom is 0.164 e. The molecule has 0 aliphatic heterocycles. The molecule has 0 unspecified atom stereocenters. The average Bonchev–Trinajstić information content (AvgIpc) is 2.83. The summed E-state index contributed by atoms with van der Waals surface area (Å²) in [7, 11) is 0. The van der Waals surface area contributed by atoms with Crippen LogP contribution in [0.4, 0.5) is 15.9 Å². The number of nitrogen functional groups attached to an aromatic ring is 2. The van der Waals surface area contributed by atoms with Crippen LogP contribution in [0, 0.1) is 5.82 Å². The Bertz CT molecular complexity index is 824. The first-order chi connectivity index (χ1) is 9.99. The lowest BCUT2D eigenvalue weighted by molar-refractivity contribution is 0.548. The van der Waals surface area contributed by atoms with Crippen molar-refractivity contribution < 1.29 is 4.39 Å². The van der Waals surface area contributed by atoms with E-state index in [1.165, 1.54) is 18.5 Å². The molecule has 0 bridgehead atoms. The van der Waals surface area contributed by atoms with Gasteiger partial charge in [0.1, 0.15) is 23.7 Å². The number of benzene rings is 1. The molecule has 108 valence electrons. The van der Waals surface area contributed by atoms with Gasteiger partial charge in [0.15, 0.2) is 5.65 Å². The van der Waals surface area contributed by atoms with Crippen molar-refractivity contribution in [2.75, 3.05) is 11.5 Å². The summed E-state index contributed by atoms with van der Waals surface area (Å²) < 4.78 is 15.5. The Kier molecular flexibility index (Phi) is 2.97. The fourth-order valence-electron chi connectivity index (χ4n) is 2.23. The van der Waals surface area contributed by atoms with E-state index in [2.05, 4.69) is 15.1 Å². The van der Waals surface area contributed by atoms with Crippen molar-refractivity contribution in [2.45, 2.75) is 19.9 Å². The molecule has 0 saturated carbocycles. The zero-order valence-corrected chi connectivity index (χ0v) is 11.7. The van der Waals surface area contributed by atoms with E-state index in [-0.39, 0.29) is 11.7 Å². The van der Waals surface area contributed by atoms with Gasteiger partial charge < -0.3 is 11.5 Å². The highest BCUT2D eigenvalue weighted by molar-refractivity contribution is 5.98. The number of nitrogens with two attached hydrogens (primary N) is 2. The largest absolute Gasteiger partial charge is 0.396 e. The number of hydrogen-bond acceptors (Lipinski definition) is 5. The summed E-state index contributed by atoms with van der Waals surface area (Å²) in [6.07, 6.45) is 1.39. The Morgan fingerprint density at radius 1 is 1.19 bits per heavy atom. The maximum absolute atomic E-state index is 13.7. The van der Waals surface area contributed by atoms with Crippen LogP contribution in [-0.2, 0) is 0 Å². The van der Waals surface area contributed by atoms with E-state index in [1.54, 1.807) is 10.7 Å². The Morgan fingerprint density at radius 2 is 1.95 bits per heavy atom. The molecule has 3 aromatic rings. The lowest BCUT2D eigenvalue weighted by Gasteiger charge is -2.05. The maximum atomic E-state index is 13.7. The van der Waals surface area contributed by atoms with Gasteiger partial charge in [0.25, 0.3) is 0 Å². The third-order valence-electron chi connectivity index (χ3n) is 3.28. The molecule has 7 heteroatoms. The minimum Gasteiger partial charge on any atom is -0.396 e. The second-order valence-corrected chi connectivity index (χ2v) is 5.08. The first-order valence-electron chi connectivity index (χ1n) is 6.53. The number of rotatable bonds is 2. The van der Waals surface area contributed by atoms with Crippen LogP contribution in [0.5, 0.6) is 0 Å². The third kappa shape index (κ3) is 2.06. The highest BCUT2D eigenvalue weighted by Gasteiger charge is 2.18. The summed E-state index contributed by atoms with van der Waals surface area (Å²) in [6, 6.07) is 4.64. The summed E-state index contributed by atoms with van der Waals surface area (Å²) in [5.41, 5.74) is 13.3. The van der Waals surface area contributed by atoms with Gasteiger partial charge in [-0.1, -0.05) is 6.07 Å². The molecule has 0 aliphatic carbocycles. The minimum absolute atomic E-state index is 0.0918. The van der Waals surface area contributed by atoms with Gasteiger partial charge in [-0.3, -0.25) is 0 Å². The highest BCUT2D eigenvalue weighted by atomic mass is 19.1. The monoisotopic (exact) mass is 286 g/mol. The van der Waals surface area contributed by atoms with Crippen molar-refractivity contribution in [3.63, 3.8) is 0 Å². The van der Waals surface area contributed by atoms with Crippen molar-refractivity contribution in [1.82, 2.24) is 19.7 Å². The smallest absolute Gasteiger partial charge is 0.164 e. The van der Waals surface area contributed by atoms with Crippen molar-refractivity contribution in [3.8, 4) is 11.3 Å². The summed E-state index contributed by atoms with van der Waals surface area (Å²) in [4.78, 5) is 8.24. The van der Waals surface area contributed by atoms with Crippen LogP contribution in [-0.4, -0.2) is 19.7 Å². The molecule has 0 fully saturated rings. The molecule has 2 heterocycles. The van der Waals surface area contributed by atoms with Crippen LogP contribution < -0.4 is 11.5 Å². The summed E-state index contributed by atoms with van der Waals surface area (Å²) in [5, 5.41) is 5.14. The number of halogens is 1. The van der Waals surface area contributed by atoms with E-state index in [0.717, 1.165) is 0 Å². The lowest BCUT2D eigenvalue weighted by Crippen LogP contribution is -2.04. The van der Waals surface area contributed by atoms with Crippen LogP contribution in [0.15, 0.2) is 24.5 Å². The molecule has 0 atom stereocenters. The minimum atomic E-state index is -0.491. The molecule has 0 aliphatic rings. The van der Waals surface area contributed by atoms with Gasteiger partial charge in [0.05, 0.1) is 11.1 Å². The molecule has 3 rings (SSSR count). The Morgan fingerprint density at radius 3 is 2.62 bits per heavy atom. The summed E-state index contributed by atoms with van der Waals surface area (Å²) >= 11 is 0. The molecule has 0 spiro atoms. The van der Waals surface area contributed by atoms with Gasteiger partial charge in [-0.25, -0.2) is 19.0 Å². The second kappa shape index (κ2) is 4.69. The van der Waals surface area contributed by atoms with Gasteiger partial charge in [0, 0.05) is 11.6 Å². The van der Waals surface area contributed by atoms with Gasteiger partial charge in [0.2, 0.25) is 0 Å². The van der Waals surface area contributed by atoms with Crippen LogP contribution in [0.25, 0.3) is 22.3 Å². The molecule has 0 saturated heterocycles. The normalized spacial score (nSPS) is 11.4. The fraction of sp³-hybridized carbons (Fsp3) is 0.214. The zero-order valence-electron chi connectivity index (χ0n) is 11.7. The van der Waals surface area contributed by atoms with Gasteiger partial charge in [-0.15, -0.1) is 0 Å². The molecular formula is C14H15FN6. The quantitative estimate of drug-likeness (QED) is 0.705. The first-order valence-corrected chi connectivity index (χ1v) is 6.53. The number of nitrogens with zero attached hydrogens (tertiary/aromatic N) is 4. The molecule has 0 amide bonds. The van der Waals surface area contributed by atoms with E-state index in [9.17, 15) is 4.39 Å². The standard InChI is InChI=1S/C14H15FN6/c1-7(2)21-14-11(13(17)18-6-19-14)12(20-21)8-3-4-10(16)9(15)5-8/h3-7H,16H2,1-2H3,(H2,17,18,19). The fourth-order valence-corrected chi connectivity index (χ4v) is 2.23. The van der Waals surface area contributed by atoms with Crippen LogP contribution >= 0.6 is 0 Å². The second-order valence-electron chi connectivity index (χ2n) is 5.08. The van der Waals surface area contributed by atoms with Gasteiger partial charge in [-0.2, -0.15) is 5.10 Å². The Hall–Kier alpha value is -2.70. The Balaban J connectivity index is 2.34. The zero-order chi connectivity index (χ0) is 15.1. The van der Waals surface area contributed by atoms with Crippen molar-refractivity contribution in [3.05, 3.63) is 30.3 Å². The van der Waals surface area contributed by atoms with Crippen LogP contribution in [0.2, 0.25) is 0 Å². The van der Waals surface area contributed by atoms with E-state index >= 15 is 0 Å². The first kappa shape index (κ1) is 13.3. The highest BCUT2D eigenvalue weighted by Crippen LogP contribution is 2.32. The molecule has 0 radical (unpaired) electrons. The predicted octanol–water partition coefficient (Wildman–Crippen LogP) is 2.38. The molecule has 21 heavy (non-hydrogen) atoms. The topological polar surface area (TPSA) is 95.6 Å². The van der Waals surface area contributed by atoms with Crippen molar-refractivity contribution in [1.29, 1.82) is 0 Å². The SMILES string of the molecule is CC(C)n1nc(-c2ccc(N)c(F)c2)c2c(N)ncnc21. The number of hydrogen-bond donors (Lipinski definition) is 2. The van der Waals surface area contributed by atoms with E-state index in [1.807, 2.05) is 13.8 Å². The molecule has 2 aromatic heterocycles. The molecule has 6 nitrogen and oxygen atoms in total. The summed E-state index contributed by atoms with van der Waals surface area (Å²) in [6.45, 7) is 3.97. The van der Waals surface area contributed by atoms with Crippen LogP contribution in [0.3, 0.4) is 0 Å². The number of anilines is 2. The third-order valence-corrected chi connectivity index (χ3v) is 3.28. The van der Waals surface area contributed by atoms with Gasteiger partial charge in [-0.05, 0) is 26.0 Å². The average molecular weight is 286 g/mol. The van der Waals surface area contributed by atoms with Gasteiger partial charge >= 0.3 is 0 Å². The summed E-state index contributed by atoms with van der Waals surface area (Å²) in [5.74, 6) is -0.172. The van der Waals surface area contributed by atoms with E-state index < -0.39 is 5.82 Å². The molecule has 4 N–H and O–H groups in total. The Labute approximate surface area is 120 Å². The molecular weight excluding hydrogens is 271 g/mol. The van der Waals surface area contributed by atoms with Crippen molar-refractivity contribution >= 4 is 22.5 Å². The lowest BCUT2D eigenvalue weighted by atomic mass is 10.1. The van der Waals surface area contributed by atoms with E-state index in [4.69, 9.17) is 11.5 Å². The van der Waals surface area contributed by atoms with E-state index in [0.29, 0.717) is 28.1 Å². The number of fused-ring (bicyclic) bond motifs is 1. The van der Waals surface area contributed by atoms with Crippen LogP contribution in [0.1, 0.15) is 19.9 Å². The number of aromatic nitrogens is 4. The van der Waals surface area contributed by atoms with Crippen molar-refractivity contribution in [2.24, 2.45) is 0 Å². The molecule has 1 aromatic carbocycles. The predicted molar refractivity (Wildman–Crippen MR) is 79.9 cm³/mol.